The predicted octanol–water partition coefficient (Wildman–Crippen LogP) is 3.05. The van der Waals surface area contributed by atoms with E-state index in [0.717, 1.165) is 5.56 Å². The van der Waals surface area contributed by atoms with Crippen LogP contribution in [0, 0.1) is 5.82 Å². The smallest absolute Gasteiger partial charge is 0.271 e. The minimum Gasteiger partial charge on any atom is -0.478 e. The molecule has 27 heavy (non-hydrogen) atoms. The first-order valence-corrected chi connectivity index (χ1v) is 8.60. The average Bonchev–Trinajstić information content (AvgIpc) is 2.70. The van der Waals surface area contributed by atoms with Gasteiger partial charge in [-0.1, -0.05) is 18.2 Å². The fourth-order valence-electron chi connectivity index (χ4n) is 2.48. The quantitative estimate of drug-likeness (QED) is 0.695. The summed E-state index contributed by atoms with van der Waals surface area (Å²) < 4.78 is 18.9. The van der Waals surface area contributed by atoms with Crippen molar-refractivity contribution in [2.75, 3.05) is 13.2 Å². The molecule has 3 aromatic rings. The van der Waals surface area contributed by atoms with Crippen LogP contribution in [0.5, 0.6) is 5.88 Å². The molecule has 0 unspecified atom stereocenters. The summed E-state index contributed by atoms with van der Waals surface area (Å²) in [7, 11) is 0. The first-order valence-electron chi connectivity index (χ1n) is 8.60. The molecule has 6 nitrogen and oxygen atoms in total. The van der Waals surface area contributed by atoms with Crippen molar-refractivity contribution in [3.8, 4) is 17.1 Å². The summed E-state index contributed by atoms with van der Waals surface area (Å²) in [5.41, 5.74) is 2.01. The van der Waals surface area contributed by atoms with E-state index in [-0.39, 0.29) is 17.4 Å². The molecule has 2 heterocycles. The molecule has 1 amide bonds. The summed E-state index contributed by atoms with van der Waals surface area (Å²) >= 11 is 0. The van der Waals surface area contributed by atoms with Crippen LogP contribution in [0.3, 0.4) is 0 Å². The number of hydrogen-bond donors (Lipinski definition) is 1. The maximum atomic E-state index is 13.6. The molecule has 3 rings (SSSR count). The van der Waals surface area contributed by atoms with E-state index < -0.39 is 0 Å². The number of benzene rings is 1. The molecule has 1 N–H and O–H groups in total. The van der Waals surface area contributed by atoms with Gasteiger partial charge in [0, 0.05) is 24.4 Å². The lowest BCUT2D eigenvalue weighted by molar-refractivity contribution is 0.0948. The Morgan fingerprint density at radius 2 is 2.00 bits per heavy atom. The molecule has 0 bridgehead atoms. The number of halogens is 1. The predicted molar refractivity (Wildman–Crippen MR) is 98.9 cm³/mol. The van der Waals surface area contributed by atoms with E-state index in [1.165, 1.54) is 12.3 Å². The van der Waals surface area contributed by atoms with Gasteiger partial charge >= 0.3 is 0 Å². The molecule has 0 saturated heterocycles. The summed E-state index contributed by atoms with van der Waals surface area (Å²) in [6, 6.07) is 10.0. The number of pyridine rings is 1. The van der Waals surface area contributed by atoms with Crippen LogP contribution in [0.25, 0.3) is 11.3 Å². The van der Waals surface area contributed by atoms with Gasteiger partial charge in [0.25, 0.3) is 5.91 Å². The van der Waals surface area contributed by atoms with Crippen molar-refractivity contribution in [1.82, 2.24) is 20.3 Å². The van der Waals surface area contributed by atoms with E-state index in [1.54, 1.807) is 36.7 Å². The zero-order chi connectivity index (χ0) is 19.1. The molecule has 0 aliphatic rings. The largest absolute Gasteiger partial charge is 0.478 e. The summed E-state index contributed by atoms with van der Waals surface area (Å²) in [6.07, 6.45) is 4.97. The lowest BCUT2D eigenvalue weighted by Gasteiger charge is -2.07. The van der Waals surface area contributed by atoms with Crippen molar-refractivity contribution in [2.45, 2.75) is 13.3 Å². The van der Waals surface area contributed by atoms with Crippen molar-refractivity contribution < 1.29 is 13.9 Å². The second kappa shape index (κ2) is 8.84. The van der Waals surface area contributed by atoms with Crippen LogP contribution in [0.4, 0.5) is 4.39 Å². The number of aromatic nitrogens is 3. The van der Waals surface area contributed by atoms with Crippen molar-refractivity contribution in [3.05, 3.63) is 72.1 Å². The van der Waals surface area contributed by atoms with E-state index >= 15 is 0 Å². The molecule has 0 atom stereocenters. The van der Waals surface area contributed by atoms with Gasteiger partial charge in [-0.3, -0.25) is 9.78 Å². The Morgan fingerprint density at radius 1 is 1.15 bits per heavy atom. The van der Waals surface area contributed by atoms with Crippen LogP contribution < -0.4 is 10.1 Å². The molecule has 0 saturated carbocycles. The van der Waals surface area contributed by atoms with Crippen LogP contribution in [0.2, 0.25) is 0 Å². The first-order chi connectivity index (χ1) is 13.2. The minimum atomic E-state index is -0.361. The van der Waals surface area contributed by atoms with Crippen LogP contribution in [-0.4, -0.2) is 34.0 Å². The molecule has 0 spiro atoms. The number of hydrogen-bond acceptors (Lipinski definition) is 5. The third-order valence-electron chi connectivity index (χ3n) is 3.83. The van der Waals surface area contributed by atoms with E-state index in [9.17, 15) is 9.18 Å². The number of ether oxygens (including phenoxy) is 1. The monoisotopic (exact) mass is 366 g/mol. The highest BCUT2D eigenvalue weighted by molar-refractivity contribution is 5.92. The van der Waals surface area contributed by atoms with Gasteiger partial charge in [0.1, 0.15) is 11.5 Å². The molecule has 0 aliphatic carbocycles. The maximum absolute atomic E-state index is 13.6. The summed E-state index contributed by atoms with van der Waals surface area (Å²) in [5.74, 6) is -0.118. The van der Waals surface area contributed by atoms with Crippen molar-refractivity contribution in [2.24, 2.45) is 0 Å². The van der Waals surface area contributed by atoms with E-state index in [0.29, 0.717) is 36.7 Å². The van der Waals surface area contributed by atoms with Gasteiger partial charge in [-0.05, 0) is 31.0 Å². The highest BCUT2D eigenvalue weighted by Gasteiger charge is 2.10. The van der Waals surface area contributed by atoms with Gasteiger partial charge in [-0.15, -0.1) is 0 Å². The summed E-state index contributed by atoms with van der Waals surface area (Å²) in [5, 5.41) is 2.74. The van der Waals surface area contributed by atoms with Crippen molar-refractivity contribution >= 4 is 5.91 Å². The van der Waals surface area contributed by atoms with Crippen molar-refractivity contribution in [3.63, 3.8) is 0 Å². The molecule has 0 aliphatic heterocycles. The molecule has 0 fully saturated rings. The topological polar surface area (TPSA) is 77.0 Å². The zero-order valence-corrected chi connectivity index (χ0v) is 14.9. The third kappa shape index (κ3) is 4.84. The number of carbonyl (C=O) groups is 1. The molecule has 2 aromatic heterocycles. The Kier molecular flexibility index (Phi) is 6.04. The maximum Gasteiger partial charge on any atom is 0.271 e. The van der Waals surface area contributed by atoms with E-state index in [4.69, 9.17) is 4.74 Å². The molecular weight excluding hydrogens is 347 g/mol. The molecular formula is C20H19FN4O2. The Labute approximate surface area is 156 Å². The Bertz CT molecular complexity index is 916. The third-order valence-corrected chi connectivity index (χ3v) is 3.83. The van der Waals surface area contributed by atoms with Crippen LogP contribution in [0.15, 0.2) is 55.0 Å². The van der Waals surface area contributed by atoms with Gasteiger partial charge in [-0.25, -0.2) is 14.4 Å². The fraction of sp³-hybridized carbons (Fsp3) is 0.200. The molecule has 138 valence electrons. The SMILES string of the molecule is CCOc1ccc(-c2cncc(C(=O)NCCc3ccccc3F)n2)cn1. The number of carbonyl (C=O) groups excluding carboxylic acids is 1. The highest BCUT2D eigenvalue weighted by atomic mass is 19.1. The lowest BCUT2D eigenvalue weighted by Crippen LogP contribution is -2.27. The fourth-order valence-corrected chi connectivity index (χ4v) is 2.48. The van der Waals surface area contributed by atoms with Gasteiger partial charge < -0.3 is 10.1 Å². The van der Waals surface area contributed by atoms with Crippen LogP contribution >= 0.6 is 0 Å². The first kappa shape index (κ1) is 18.4. The van der Waals surface area contributed by atoms with Crippen molar-refractivity contribution in [1.29, 1.82) is 0 Å². The van der Waals surface area contributed by atoms with Gasteiger partial charge in [0.15, 0.2) is 0 Å². The van der Waals surface area contributed by atoms with Crippen LogP contribution in [-0.2, 0) is 6.42 Å². The Hall–Kier alpha value is -3.35. The second-order valence-corrected chi connectivity index (χ2v) is 5.70. The molecule has 7 heteroatoms. The number of nitrogens with zero attached hydrogens (tertiary/aromatic N) is 3. The Balaban J connectivity index is 1.64. The number of rotatable bonds is 7. The summed E-state index contributed by atoms with van der Waals surface area (Å²) in [6.45, 7) is 2.72. The second-order valence-electron chi connectivity index (χ2n) is 5.70. The van der Waals surface area contributed by atoms with Gasteiger partial charge in [-0.2, -0.15) is 0 Å². The minimum absolute atomic E-state index is 0.190. The lowest BCUT2D eigenvalue weighted by atomic mass is 10.1. The zero-order valence-electron chi connectivity index (χ0n) is 14.9. The Morgan fingerprint density at radius 3 is 2.74 bits per heavy atom. The van der Waals surface area contributed by atoms with E-state index in [2.05, 4.69) is 20.3 Å². The number of nitrogens with one attached hydrogen (secondary N) is 1. The average molecular weight is 366 g/mol. The highest BCUT2D eigenvalue weighted by Crippen LogP contribution is 2.18. The van der Waals surface area contributed by atoms with E-state index in [1.807, 2.05) is 13.0 Å². The molecule has 1 aromatic carbocycles. The normalized spacial score (nSPS) is 10.4. The number of amides is 1. The van der Waals surface area contributed by atoms with Gasteiger partial charge in [0.2, 0.25) is 5.88 Å². The van der Waals surface area contributed by atoms with Gasteiger partial charge in [0.05, 0.1) is 24.7 Å². The molecule has 0 radical (unpaired) electrons. The summed E-state index contributed by atoms with van der Waals surface area (Å²) in [4.78, 5) is 24.9. The van der Waals surface area contributed by atoms with Crippen LogP contribution in [0.1, 0.15) is 23.0 Å². The standard InChI is InChI=1S/C20H19FN4O2/c1-2-27-19-8-7-15(11-24-19)17-12-22-13-18(25-17)20(26)23-10-9-14-5-3-4-6-16(14)21/h3-8,11-13H,2,9-10H2,1H3,(H,23,26).